The van der Waals surface area contributed by atoms with Crippen LogP contribution >= 0.6 is 0 Å². The van der Waals surface area contributed by atoms with Crippen LogP contribution in [0.4, 0.5) is 0 Å². The molecule has 1 aromatic carbocycles. The SMILES string of the molecule is CCOC(=O)CN(C)C(=O)C(=O)C=Cc1ccccc1. The van der Waals surface area contributed by atoms with Gasteiger partial charge in [-0.05, 0) is 18.6 Å². The minimum absolute atomic E-state index is 0.239. The predicted molar refractivity (Wildman–Crippen MR) is 74.8 cm³/mol. The van der Waals surface area contributed by atoms with E-state index in [2.05, 4.69) is 0 Å². The van der Waals surface area contributed by atoms with Gasteiger partial charge in [-0.2, -0.15) is 0 Å². The number of likely N-dealkylation sites (N-methyl/N-ethyl adjacent to an activating group) is 1. The van der Waals surface area contributed by atoms with E-state index < -0.39 is 17.7 Å². The zero-order chi connectivity index (χ0) is 15.0. The molecule has 1 amide bonds. The Kier molecular flexibility index (Phi) is 6.16. The van der Waals surface area contributed by atoms with Gasteiger partial charge in [0.2, 0.25) is 5.78 Å². The van der Waals surface area contributed by atoms with Crippen molar-refractivity contribution in [2.24, 2.45) is 0 Å². The fourth-order valence-corrected chi connectivity index (χ4v) is 1.47. The summed E-state index contributed by atoms with van der Waals surface area (Å²) < 4.78 is 4.71. The first-order valence-electron chi connectivity index (χ1n) is 6.22. The summed E-state index contributed by atoms with van der Waals surface area (Å²) >= 11 is 0. The first-order chi connectivity index (χ1) is 9.54. The number of carbonyl (C=O) groups excluding carboxylic acids is 3. The van der Waals surface area contributed by atoms with Gasteiger partial charge < -0.3 is 9.64 Å². The summed E-state index contributed by atoms with van der Waals surface area (Å²) in [5.41, 5.74) is 0.821. The largest absolute Gasteiger partial charge is 0.465 e. The highest BCUT2D eigenvalue weighted by molar-refractivity contribution is 6.41. The number of benzene rings is 1. The smallest absolute Gasteiger partial charge is 0.325 e. The Morgan fingerprint density at radius 2 is 1.85 bits per heavy atom. The topological polar surface area (TPSA) is 63.7 Å². The number of amides is 1. The highest BCUT2D eigenvalue weighted by Crippen LogP contribution is 2.01. The van der Waals surface area contributed by atoms with E-state index in [9.17, 15) is 14.4 Å². The first kappa shape index (κ1) is 15.6. The van der Waals surface area contributed by atoms with Crippen molar-refractivity contribution in [3.05, 3.63) is 42.0 Å². The molecule has 0 aliphatic carbocycles. The molecule has 0 aromatic heterocycles. The Balaban J connectivity index is 2.56. The summed E-state index contributed by atoms with van der Waals surface area (Å²) in [6, 6.07) is 9.16. The highest BCUT2D eigenvalue weighted by atomic mass is 16.5. The number of ether oxygens (including phenoxy) is 1. The Labute approximate surface area is 117 Å². The molecular weight excluding hydrogens is 258 g/mol. The van der Waals surface area contributed by atoms with Gasteiger partial charge in [-0.1, -0.05) is 36.4 Å². The van der Waals surface area contributed by atoms with Gasteiger partial charge in [-0.3, -0.25) is 14.4 Å². The van der Waals surface area contributed by atoms with Crippen molar-refractivity contribution in [3.63, 3.8) is 0 Å². The van der Waals surface area contributed by atoms with Gasteiger partial charge in [0.05, 0.1) is 6.61 Å². The summed E-state index contributed by atoms with van der Waals surface area (Å²) in [6.45, 7) is 1.67. The Hall–Kier alpha value is -2.43. The van der Waals surface area contributed by atoms with E-state index in [4.69, 9.17) is 4.74 Å². The lowest BCUT2D eigenvalue weighted by Crippen LogP contribution is -2.36. The van der Waals surface area contributed by atoms with Crippen LogP contribution in [0.25, 0.3) is 6.08 Å². The maximum atomic E-state index is 11.7. The van der Waals surface area contributed by atoms with Crippen LogP contribution in [0.1, 0.15) is 12.5 Å². The first-order valence-corrected chi connectivity index (χ1v) is 6.22. The average molecular weight is 275 g/mol. The third-order valence-electron chi connectivity index (χ3n) is 2.46. The number of ketones is 1. The maximum absolute atomic E-state index is 11.7. The molecule has 5 nitrogen and oxygen atoms in total. The number of hydrogen-bond acceptors (Lipinski definition) is 4. The van der Waals surface area contributed by atoms with Crippen LogP contribution in [0.3, 0.4) is 0 Å². The second-order valence-corrected chi connectivity index (χ2v) is 4.07. The monoisotopic (exact) mass is 275 g/mol. The van der Waals surface area contributed by atoms with Crippen LogP contribution in [-0.2, 0) is 19.1 Å². The van der Waals surface area contributed by atoms with Crippen LogP contribution in [0.5, 0.6) is 0 Å². The number of carbonyl (C=O) groups is 3. The summed E-state index contributed by atoms with van der Waals surface area (Å²) in [4.78, 5) is 35.6. The summed E-state index contributed by atoms with van der Waals surface area (Å²) in [7, 11) is 1.38. The Morgan fingerprint density at radius 1 is 1.20 bits per heavy atom. The van der Waals surface area contributed by atoms with Crippen molar-refractivity contribution in [1.82, 2.24) is 4.90 Å². The molecule has 1 aromatic rings. The molecule has 0 spiro atoms. The molecule has 0 heterocycles. The van der Waals surface area contributed by atoms with Crippen LogP contribution in [-0.4, -0.2) is 42.8 Å². The van der Waals surface area contributed by atoms with E-state index in [0.29, 0.717) is 0 Å². The van der Waals surface area contributed by atoms with Gasteiger partial charge in [0.15, 0.2) is 0 Å². The average Bonchev–Trinajstić information content (AvgIpc) is 2.45. The quantitative estimate of drug-likeness (QED) is 0.446. The lowest BCUT2D eigenvalue weighted by molar-refractivity contribution is -0.150. The van der Waals surface area contributed by atoms with Crippen LogP contribution in [0.15, 0.2) is 36.4 Å². The van der Waals surface area contributed by atoms with Crippen molar-refractivity contribution in [3.8, 4) is 0 Å². The van der Waals surface area contributed by atoms with Gasteiger partial charge in [0.25, 0.3) is 5.91 Å². The fraction of sp³-hybridized carbons (Fsp3) is 0.267. The third kappa shape index (κ3) is 5.06. The molecule has 0 saturated carbocycles. The lowest BCUT2D eigenvalue weighted by atomic mass is 10.2. The van der Waals surface area contributed by atoms with Gasteiger partial charge in [-0.25, -0.2) is 0 Å². The van der Waals surface area contributed by atoms with E-state index in [1.165, 1.54) is 13.1 Å². The molecule has 0 bridgehead atoms. The summed E-state index contributed by atoms with van der Waals surface area (Å²) in [5, 5.41) is 0. The van der Waals surface area contributed by atoms with E-state index in [1.807, 2.05) is 30.3 Å². The molecular formula is C15H17NO4. The molecule has 0 aliphatic rings. The number of esters is 1. The molecule has 5 heteroatoms. The number of hydrogen-bond donors (Lipinski definition) is 0. The molecule has 0 N–H and O–H groups in total. The van der Waals surface area contributed by atoms with Crippen molar-refractivity contribution in [1.29, 1.82) is 0 Å². The van der Waals surface area contributed by atoms with Crippen LogP contribution in [0.2, 0.25) is 0 Å². The van der Waals surface area contributed by atoms with E-state index in [-0.39, 0.29) is 13.2 Å². The summed E-state index contributed by atoms with van der Waals surface area (Å²) in [6.07, 6.45) is 2.75. The zero-order valence-corrected chi connectivity index (χ0v) is 11.5. The molecule has 1 rings (SSSR count). The molecule has 0 fully saturated rings. The second-order valence-electron chi connectivity index (χ2n) is 4.07. The van der Waals surface area contributed by atoms with Gasteiger partial charge in [0, 0.05) is 7.05 Å². The van der Waals surface area contributed by atoms with Gasteiger partial charge in [0.1, 0.15) is 6.54 Å². The minimum atomic E-state index is -0.745. The van der Waals surface area contributed by atoms with E-state index in [0.717, 1.165) is 10.5 Å². The summed E-state index contributed by atoms with van der Waals surface area (Å²) in [5.74, 6) is -1.96. The van der Waals surface area contributed by atoms with Crippen molar-refractivity contribution in [2.45, 2.75) is 6.92 Å². The van der Waals surface area contributed by atoms with Gasteiger partial charge >= 0.3 is 5.97 Å². The molecule has 106 valence electrons. The van der Waals surface area contributed by atoms with Crippen molar-refractivity contribution >= 4 is 23.7 Å². The van der Waals surface area contributed by atoms with Gasteiger partial charge in [-0.15, -0.1) is 0 Å². The zero-order valence-electron chi connectivity index (χ0n) is 11.5. The number of nitrogens with zero attached hydrogens (tertiary/aromatic N) is 1. The normalized spacial score (nSPS) is 10.3. The van der Waals surface area contributed by atoms with Crippen molar-refractivity contribution < 1.29 is 19.1 Å². The molecule has 0 saturated heterocycles. The molecule has 20 heavy (non-hydrogen) atoms. The molecule has 0 atom stereocenters. The van der Waals surface area contributed by atoms with E-state index in [1.54, 1.807) is 13.0 Å². The Bertz CT molecular complexity index is 508. The highest BCUT2D eigenvalue weighted by Gasteiger charge is 2.18. The van der Waals surface area contributed by atoms with Crippen LogP contribution in [0, 0.1) is 0 Å². The molecule has 0 unspecified atom stereocenters. The third-order valence-corrected chi connectivity index (χ3v) is 2.46. The standard InChI is InChI=1S/C15H17NO4/c1-3-20-14(18)11-16(2)15(19)13(17)10-9-12-7-5-4-6-8-12/h4-10H,3,11H2,1-2H3. The number of rotatable bonds is 6. The predicted octanol–water partition coefficient (Wildman–Crippen LogP) is 1.29. The minimum Gasteiger partial charge on any atom is -0.465 e. The fourth-order valence-electron chi connectivity index (χ4n) is 1.47. The molecule has 0 aliphatic heterocycles. The van der Waals surface area contributed by atoms with Crippen LogP contribution < -0.4 is 0 Å². The maximum Gasteiger partial charge on any atom is 0.325 e. The second kappa shape index (κ2) is 7.89. The lowest BCUT2D eigenvalue weighted by Gasteiger charge is -2.13. The molecule has 0 radical (unpaired) electrons. The van der Waals surface area contributed by atoms with E-state index >= 15 is 0 Å². The Morgan fingerprint density at radius 3 is 2.45 bits per heavy atom. The van der Waals surface area contributed by atoms with Crippen molar-refractivity contribution in [2.75, 3.05) is 20.2 Å².